The van der Waals surface area contributed by atoms with E-state index in [0.717, 1.165) is 23.4 Å². The Morgan fingerprint density at radius 3 is 2.07 bits per heavy atom. The van der Waals surface area contributed by atoms with Crippen LogP contribution < -0.4 is 0 Å². The molecule has 30 heavy (non-hydrogen) atoms. The third kappa shape index (κ3) is 5.56. The zero-order chi connectivity index (χ0) is 21.7. The van der Waals surface area contributed by atoms with Gasteiger partial charge in [-0.2, -0.15) is 13.2 Å². The average molecular weight is 436 g/mol. The van der Waals surface area contributed by atoms with Gasteiger partial charge in [-0.15, -0.1) is 11.8 Å². The molecule has 8 heteroatoms. The van der Waals surface area contributed by atoms with Gasteiger partial charge >= 0.3 is 6.18 Å². The van der Waals surface area contributed by atoms with Crippen LogP contribution in [0.1, 0.15) is 28.4 Å². The second-order valence-electron chi connectivity index (χ2n) is 7.13. The summed E-state index contributed by atoms with van der Waals surface area (Å²) < 4.78 is 38.0. The molecule has 1 saturated heterocycles. The number of nitrogens with zero attached hydrogens (tertiary/aromatic N) is 2. The monoisotopic (exact) mass is 436 g/mol. The maximum atomic E-state index is 12.7. The van der Waals surface area contributed by atoms with E-state index in [1.165, 1.54) is 12.1 Å². The molecular weight excluding hydrogens is 413 g/mol. The van der Waals surface area contributed by atoms with Crippen LogP contribution in [0.15, 0.2) is 54.6 Å². The highest BCUT2D eigenvalue weighted by atomic mass is 32.2. The van der Waals surface area contributed by atoms with E-state index in [2.05, 4.69) is 0 Å². The van der Waals surface area contributed by atoms with Gasteiger partial charge in [-0.3, -0.25) is 9.59 Å². The van der Waals surface area contributed by atoms with Gasteiger partial charge in [0.25, 0.3) is 5.91 Å². The van der Waals surface area contributed by atoms with E-state index in [0.29, 0.717) is 26.2 Å². The third-order valence-electron chi connectivity index (χ3n) is 5.03. The maximum absolute atomic E-state index is 12.7. The quantitative estimate of drug-likeness (QED) is 0.701. The summed E-state index contributed by atoms with van der Waals surface area (Å²) in [5.41, 5.74) is 0.597. The summed E-state index contributed by atoms with van der Waals surface area (Å²) in [6.45, 7) is 3.45. The van der Waals surface area contributed by atoms with Crippen molar-refractivity contribution >= 4 is 23.6 Å². The average Bonchev–Trinajstić information content (AvgIpc) is 2.77. The van der Waals surface area contributed by atoms with Crippen molar-refractivity contribution in [2.75, 3.05) is 26.2 Å². The van der Waals surface area contributed by atoms with Crippen LogP contribution in [0, 0.1) is 0 Å². The fraction of sp³-hybridized carbons (Fsp3) is 0.364. The molecule has 0 aliphatic carbocycles. The van der Waals surface area contributed by atoms with Gasteiger partial charge in [-0.1, -0.05) is 30.3 Å². The van der Waals surface area contributed by atoms with E-state index in [9.17, 15) is 22.8 Å². The number of carbonyl (C=O) groups excluding carboxylic acids is 2. The molecule has 1 unspecified atom stereocenters. The molecule has 2 amide bonds. The van der Waals surface area contributed by atoms with E-state index in [1.807, 2.05) is 37.3 Å². The van der Waals surface area contributed by atoms with Gasteiger partial charge in [0.15, 0.2) is 0 Å². The Morgan fingerprint density at radius 2 is 1.50 bits per heavy atom. The Kier molecular flexibility index (Phi) is 7.07. The zero-order valence-corrected chi connectivity index (χ0v) is 17.4. The van der Waals surface area contributed by atoms with Crippen LogP contribution in [0.2, 0.25) is 0 Å². The number of halogens is 3. The van der Waals surface area contributed by atoms with E-state index in [4.69, 9.17) is 0 Å². The molecule has 0 bridgehead atoms. The lowest BCUT2D eigenvalue weighted by molar-refractivity contribution is -0.137. The molecule has 160 valence electrons. The Morgan fingerprint density at radius 1 is 0.933 bits per heavy atom. The molecule has 0 saturated carbocycles. The van der Waals surface area contributed by atoms with Crippen molar-refractivity contribution in [3.05, 3.63) is 71.3 Å². The van der Waals surface area contributed by atoms with Crippen LogP contribution in [0.3, 0.4) is 0 Å². The topological polar surface area (TPSA) is 40.6 Å². The minimum absolute atomic E-state index is 0.0394. The first-order chi connectivity index (χ1) is 14.3. The molecule has 0 spiro atoms. The summed E-state index contributed by atoms with van der Waals surface area (Å²) in [6.07, 6.45) is -4.43. The number of carbonyl (C=O) groups is 2. The first kappa shape index (κ1) is 22.2. The Bertz CT molecular complexity index is 864. The number of hydrogen-bond acceptors (Lipinski definition) is 3. The van der Waals surface area contributed by atoms with Crippen LogP contribution in [-0.2, 0) is 16.7 Å². The summed E-state index contributed by atoms with van der Waals surface area (Å²) in [5.74, 6) is 0.472. The van der Waals surface area contributed by atoms with Gasteiger partial charge < -0.3 is 9.80 Å². The summed E-state index contributed by atoms with van der Waals surface area (Å²) >= 11 is 1.57. The maximum Gasteiger partial charge on any atom is 0.416 e. The number of benzene rings is 2. The van der Waals surface area contributed by atoms with Gasteiger partial charge in [-0.05, 0) is 36.8 Å². The molecule has 1 fully saturated rings. The Hall–Kier alpha value is -2.48. The number of piperazine rings is 1. The second kappa shape index (κ2) is 9.55. The van der Waals surface area contributed by atoms with E-state index < -0.39 is 11.7 Å². The second-order valence-corrected chi connectivity index (χ2v) is 8.46. The zero-order valence-electron chi connectivity index (χ0n) is 16.6. The first-order valence-corrected chi connectivity index (χ1v) is 10.7. The molecular formula is C22H23F3N2O2S. The normalized spacial score (nSPS) is 15.7. The summed E-state index contributed by atoms with van der Waals surface area (Å²) in [7, 11) is 0. The van der Waals surface area contributed by atoms with Gasteiger partial charge in [0.1, 0.15) is 0 Å². The van der Waals surface area contributed by atoms with Crippen molar-refractivity contribution in [1.82, 2.24) is 9.80 Å². The molecule has 4 nitrogen and oxygen atoms in total. The molecule has 0 aromatic heterocycles. The Balaban J connectivity index is 1.50. The number of amides is 2. The van der Waals surface area contributed by atoms with E-state index in [1.54, 1.807) is 21.6 Å². The highest BCUT2D eigenvalue weighted by Gasteiger charge is 2.31. The van der Waals surface area contributed by atoms with Crippen LogP contribution >= 0.6 is 11.8 Å². The molecule has 2 aromatic carbocycles. The summed E-state index contributed by atoms with van der Waals surface area (Å²) in [5, 5.41) is -0.192. The van der Waals surface area contributed by atoms with E-state index in [-0.39, 0.29) is 22.6 Å². The van der Waals surface area contributed by atoms with Crippen molar-refractivity contribution in [2.45, 2.75) is 24.1 Å². The van der Waals surface area contributed by atoms with Crippen LogP contribution in [-0.4, -0.2) is 53.0 Å². The van der Waals surface area contributed by atoms with Gasteiger partial charge in [0.2, 0.25) is 5.91 Å². The van der Waals surface area contributed by atoms with Crippen LogP contribution in [0.5, 0.6) is 0 Å². The molecule has 0 radical (unpaired) electrons. The lowest BCUT2D eigenvalue weighted by atomic mass is 10.1. The van der Waals surface area contributed by atoms with Gasteiger partial charge in [-0.25, -0.2) is 0 Å². The number of thioether (sulfide) groups is 1. The highest BCUT2D eigenvalue weighted by Crippen LogP contribution is 2.29. The number of alkyl halides is 3. The van der Waals surface area contributed by atoms with Crippen molar-refractivity contribution in [2.24, 2.45) is 0 Å². The van der Waals surface area contributed by atoms with Gasteiger partial charge in [0.05, 0.1) is 10.8 Å². The SMILES string of the molecule is CC(SCc1ccccc1)C(=O)N1CCN(C(=O)c2ccc(C(F)(F)F)cc2)CC1. The smallest absolute Gasteiger partial charge is 0.338 e. The number of rotatable bonds is 5. The van der Waals surface area contributed by atoms with Crippen molar-refractivity contribution in [1.29, 1.82) is 0 Å². The van der Waals surface area contributed by atoms with Crippen molar-refractivity contribution in [3.8, 4) is 0 Å². The molecule has 0 N–H and O–H groups in total. The van der Waals surface area contributed by atoms with Crippen molar-refractivity contribution in [3.63, 3.8) is 0 Å². The number of hydrogen-bond donors (Lipinski definition) is 0. The predicted molar refractivity (Wildman–Crippen MR) is 111 cm³/mol. The third-order valence-corrected chi connectivity index (χ3v) is 6.23. The molecule has 1 aliphatic rings. The molecule has 3 rings (SSSR count). The minimum Gasteiger partial charge on any atom is -0.338 e. The lowest BCUT2D eigenvalue weighted by Crippen LogP contribution is -2.52. The Labute approximate surface area is 178 Å². The van der Waals surface area contributed by atoms with Crippen LogP contribution in [0.25, 0.3) is 0 Å². The molecule has 1 aliphatic heterocycles. The predicted octanol–water partition coefficient (Wildman–Crippen LogP) is 4.31. The van der Waals surface area contributed by atoms with Crippen LogP contribution in [0.4, 0.5) is 13.2 Å². The largest absolute Gasteiger partial charge is 0.416 e. The standard InChI is InChI=1S/C22H23F3N2O2S/c1-16(30-15-17-5-3-2-4-6-17)20(28)26-11-13-27(14-12-26)21(29)18-7-9-19(10-8-18)22(23,24)25/h2-10,16H,11-15H2,1H3. The fourth-order valence-corrected chi connectivity index (χ4v) is 4.16. The first-order valence-electron chi connectivity index (χ1n) is 9.66. The summed E-state index contributed by atoms with van der Waals surface area (Å²) in [4.78, 5) is 28.6. The molecule has 1 atom stereocenters. The fourth-order valence-electron chi connectivity index (χ4n) is 3.24. The lowest BCUT2D eigenvalue weighted by Gasteiger charge is -2.36. The van der Waals surface area contributed by atoms with E-state index >= 15 is 0 Å². The highest BCUT2D eigenvalue weighted by molar-refractivity contribution is 7.99. The van der Waals surface area contributed by atoms with Gasteiger partial charge in [0, 0.05) is 37.5 Å². The van der Waals surface area contributed by atoms with Crippen molar-refractivity contribution < 1.29 is 22.8 Å². The molecule has 1 heterocycles. The minimum atomic E-state index is -4.43. The summed E-state index contributed by atoms with van der Waals surface area (Å²) in [6, 6.07) is 14.2. The molecule has 2 aromatic rings.